The van der Waals surface area contributed by atoms with E-state index in [1.807, 2.05) is 36.6 Å². The van der Waals surface area contributed by atoms with Crippen LogP contribution in [0.4, 0.5) is 5.13 Å². The van der Waals surface area contributed by atoms with Gasteiger partial charge in [-0.1, -0.05) is 0 Å². The van der Waals surface area contributed by atoms with Crippen LogP contribution >= 0.6 is 11.3 Å². The lowest BCUT2D eigenvalue weighted by atomic mass is 10.1. The molecule has 0 spiro atoms. The number of carbonyl (C=O) groups excluding carboxylic acids is 1. The highest BCUT2D eigenvalue weighted by Crippen LogP contribution is 2.37. The lowest BCUT2D eigenvalue weighted by Crippen LogP contribution is -2.11. The summed E-state index contributed by atoms with van der Waals surface area (Å²) >= 11 is 1.34. The maximum atomic E-state index is 12.8. The van der Waals surface area contributed by atoms with E-state index in [0.717, 1.165) is 28.0 Å². The molecular weight excluding hydrogens is 392 g/mol. The molecule has 0 saturated heterocycles. The summed E-state index contributed by atoms with van der Waals surface area (Å²) in [5.41, 5.74) is 3.02. The zero-order valence-electron chi connectivity index (χ0n) is 15.6. The third-order valence-corrected chi connectivity index (χ3v) is 5.50. The smallest absolute Gasteiger partial charge is 0.293 e. The van der Waals surface area contributed by atoms with Crippen molar-refractivity contribution < 1.29 is 23.4 Å². The fourth-order valence-electron chi connectivity index (χ4n) is 3.22. The number of carbonyl (C=O) groups is 1. The van der Waals surface area contributed by atoms with Crippen LogP contribution in [0.15, 0.2) is 46.2 Å². The van der Waals surface area contributed by atoms with E-state index in [0.29, 0.717) is 22.2 Å². The van der Waals surface area contributed by atoms with Crippen molar-refractivity contribution in [1.29, 1.82) is 0 Å². The predicted octanol–water partition coefficient (Wildman–Crippen LogP) is 4.85. The minimum Gasteiger partial charge on any atom is -0.497 e. The summed E-state index contributed by atoms with van der Waals surface area (Å²) in [6.07, 6.45) is 0. The first kappa shape index (κ1) is 17.6. The topological polar surface area (TPSA) is 82.8 Å². The average Bonchev–Trinajstić information content (AvgIpc) is 3.46. The van der Waals surface area contributed by atoms with E-state index in [9.17, 15) is 4.79 Å². The van der Waals surface area contributed by atoms with E-state index in [2.05, 4.69) is 10.3 Å². The van der Waals surface area contributed by atoms with Crippen LogP contribution in [0.5, 0.6) is 17.2 Å². The molecule has 0 radical (unpaired) electrons. The summed E-state index contributed by atoms with van der Waals surface area (Å²) in [4.78, 5) is 17.3. The number of benzene rings is 2. The van der Waals surface area contributed by atoms with Gasteiger partial charge in [0.1, 0.15) is 11.3 Å². The van der Waals surface area contributed by atoms with Gasteiger partial charge in [-0.3, -0.25) is 10.1 Å². The van der Waals surface area contributed by atoms with E-state index >= 15 is 0 Å². The van der Waals surface area contributed by atoms with Gasteiger partial charge < -0.3 is 18.6 Å². The Morgan fingerprint density at radius 3 is 2.90 bits per heavy atom. The van der Waals surface area contributed by atoms with Crippen molar-refractivity contribution >= 4 is 33.3 Å². The molecule has 4 aromatic rings. The number of thiazole rings is 1. The van der Waals surface area contributed by atoms with Gasteiger partial charge in [-0.05, 0) is 43.3 Å². The minimum absolute atomic E-state index is 0.222. The van der Waals surface area contributed by atoms with E-state index < -0.39 is 0 Å². The number of fused-ring (bicyclic) bond motifs is 2. The Labute approximate surface area is 169 Å². The first-order valence-corrected chi connectivity index (χ1v) is 9.74. The molecule has 0 atom stereocenters. The normalized spacial score (nSPS) is 12.3. The fourth-order valence-corrected chi connectivity index (χ4v) is 3.93. The number of nitrogens with zero attached hydrogens (tertiary/aromatic N) is 1. The Balaban J connectivity index is 1.39. The number of aromatic nitrogens is 1. The Kier molecular flexibility index (Phi) is 4.13. The quantitative estimate of drug-likeness (QED) is 0.520. The molecular formula is C21H16N2O5S. The number of aryl methyl sites for hydroxylation is 1. The van der Waals surface area contributed by atoms with Crippen LogP contribution in [0.2, 0.25) is 0 Å². The average molecular weight is 408 g/mol. The molecule has 1 N–H and O–H groups in total. The maximum Gasteiger partial charge on any atom is 0.293 e. The summed E-state index contributed by atoms with van der Waals surface area (Å²) in [5.74, 6) is 2.03. The first-order chi connectivity index (χ1) is 14.1. The van der Waals surface area contributed by atoms with Gasteiger partial charge in [0, 0.05) is 21.9 Å². The number of methoxy groups -OCH3 is 1. The Morgan fingerprint density at radius 2 is 2.03 bits per heavy atom. The summed E-state index contributed by atoms with van der Waals surface area (Å²) in [6.45, 7) is 2.07. The van der Waals surface area contributed by atoms with Crippen LogP contribution < -0.4 is 19.5 Å². The van der Waals surface area contributed by atoms with Gasteiger partial charge in [0.15, 0.2) is 22.4 Å². The second-order valence-corrected chi connectivity index (χ2v) is 7.34. The van der Waals surface area contributed by atoms with Gasteiger partial charge in [0.2, 0.25) is 6.79 Å². The van der Waals surface area contributed by atoms with Gasteiger partial charge in [0.05, 0.1) is 12.8 Å². The first-order valence-electron chi connectivity index (χ1n) is 8.86. The third kappa shape index (κ3) is 3.07. The molecule has 7 nitrogen and oxygen atoms in total. The number of hydrogen-bond acceptors (Lipinski definition) is 7. The van der Waals surface area contributed by atoms with Gasteiger partial charge in [-0.15, -0.1) is 11.3 Å². The van der Waals surface area contributed by atoms with E-state index in [-0.39, 0.29) is 18.5 Å². The van der Waals surface area contributed by atoms with Gasteiger partial charge >= 0.3 is 0 Å². The molecule has 1 aliphatic rings. The van der Waals surface area contributed by atoms with Crippen molar-refractivity contribution in [2.24, 2.45) is 0 Å². The van der Waals surface area contributed by atoms with Gasteiger partial charge in [-0.25, -0.2) is 4.98 Å². The van der Waals surface area contributed by atoms with Crippen molar-refractivity contribution in [1.82, 2.24) is 4.98 Å². The molecule has 5 rings (SSSR count). The summed E-state index contributed by atoms with van der Waals surface area (Å²) in [6, 6.07) is 11.1. The molecule has 3 heterocycles. The number of nitrogens with one attached hydrogen (secondary N) is 1. The monoisotopic (exact) mass is 408 g/mol. The lowest BCUT2D eigenvalue weighted by molar-refractivity contribution is 0.0998. The van der Waals surface area contributed by atoms with E-state index in [4.69, 9.17) is 18.6 Å². The third-order valence-electron chi connectivity index (χ3n) is 4.74. The Bertz CT molecular complexity index is 1240. The largest absolute Gasteiger partial charge is 0.497 e. The molecule has 0 aliphatic carbocycles. The van der Waals surface area contributed by atoms with Crippen molar-refractivity contribution in [2.75, 3.05) is 19.2 Å². The fraction of sp³-hybridized carbons (Fsp3) is 0.143. The maximum absolute atomic E-state index is 12.8. The van der Waals surface area contributed by atoms with Crippen molar-refractivity contribution in [3.05, 3.63) is 53.1 Å². The number of anilines is 1. The molecule has 0 bridgehead atoms. The minimum atomic E-state index is -0.343. The number of hydrogen-bond donors (Lipinski definition) is 1. The molecule has 0 saturated carbocycles. The highest BCUT2D eigenvalue weighted by molar-refractivity contribution is 7.14. The molecule has 8 heteroatoms. The Hall–Kier alpha value is -3.52. The number of furan rings is 1. The molecule has 29 heavy (non-hydrogen) atoms. The van der Waals surface area contributed by atoms with Crippen molar-refractivity contribution in [3.8, 4) is 28.5 Å². The highest BCUT2D eigenvalue weighted by atomic mass is 32.1. The molecule has 2 aromatic carbocycles. The van der Waals surface area contributed by atoms with E-state index in [1.54, 1.807) is 19.2 Å². The predicted molar refractivity (Wildman–Crippen MR) is 109 cm³/mol. The summed E-state index contributed by atoms with van der Waals surface area (Å²) in [7, 11) is 1.60. The van der Waals surface area contributed by atoms with E-state index in [1.165, 1.54) is 11.3 Å². The van der Waals surface area contributed by atoms with Gasteiger partial charge in [0.25, 0.3) is 5.91 Å². The van der Waals surface area contributed by atoms with Gasteiger partial charge in [-0.2, -0.15) is 0 Å². The molecule has 146 valence electrons. The summed E-state index contributed by atoms with van der Waals surface area (Å²) < 4.78 is 21.7. The standard InChI is InChI=1S/C21H16N2O5S/c1-11-14-8-13(25-2)4-6-16(14)28-19(11)20(24)23-21-22-15(9-29-21)12-3-5-17-18(7-12)27-10-26-17/h3-9H,10H2,1-2H3,(H,22,23,24). The van der Waals surface area contributed by atoms with Crippen LogP contribution in [0.3, 0.4) is 0 Å². The van der Waals surface area contributed by atoms with Crippen LogP contribution in [0.25, 0.3) is 22.2 Å². The zero-order valence-corrected chi connectivity index (χ0v) is 16.5. The number of amides is 1. The second-order valence-electron chi connectivity index (χ2n) is 6.48. The SMILES string of the molecule is COc1ccc2oc(C(=O)Nc3nc(-c4ccc5c(c4)OCO5)cs3)c(C)c2c1. The van der Waals surface area contributed by atoms with Crippen LogP contribution in [0.1, 0.15) is 16.1 Å². The van der Waals surface area contributed by atoms with Crippen LogP contribution in [-0.4, -0.2) is 24.8 Å². The van der Waals surface area contributed by atoms with Crippen molar-refractivity contribution in [3.63, 3.8) is 0 Å². The molecule has 0 fully saturated rings. The second kappa shape index (κ2) is 6.82. The molecule has 2 aromatic heterocycles. The number of rotatable bonds is 4. The summed E-state index contributed by atoms with van der Waals surface area (Å²) in [5, 5.41) is 6.03. The Morgan fingerprint density at radius 1 is 1.17 bits per heavy atom. The highest BCUT2D eigenvalue weighted by Gasteiger charge is 2.20. The molecule has 1 aliphatic heterocycles. The van der Waals surface area contributed by atoms with Crippen molar-refractivity contribution in [2.45, 2.75) is 6.92 Å². The van der Waals surface area contributed by atoms with Crippen LogP contribution in [-0.2, 0) is 0 Å². The molecule has 1 amide bonds. The zero-order chi connectivity index (χ0) is 20.0. The van der Waals surface area contributed by atoms with Crippen LogP contribution in [0, 0.1) is 6.92 Å². The number of ether oxygens (including phenoxy) is 3. The lowest BCUT2D eigenvalue weighted by Gasteiger charge is -2.01. The molecule has 0 unspecified atom stereocenters.